The van der Waals surface area contributed by atoms with Gasteiger partial charge in [0.1, 0.15) is 0 Å². The predicted octanol–water partition coefficient (Wildman–Crippen LogP) is 3.37. The molecule has 1 amide bonds. The molecule has 0 bridgehead atoms. The van der Waals surface area contributed by atoms with E-state index < -0.39 is 17.5 Å². The van der Waals surface area contributed by atoms with Crippen LogP contribution in [0, 0.1) is 11.6 Å². The Hall–Kier alpha value is -1.45. The number of halogens is 2. The molecule has 18 heavy (non-hydrogen) atoms. The molecule has 1 aromatic carbocycles. The van der Waals surface area contributed by atoms with E-state index in [4.69, 9.17) is 0 Å². The smallest absolute Gasteiger partial charge is 0.256 e. The first-order chi connectivity index (χ1) is 8.70. The van der Waals surface area contributed by atoms with Gasteiger partial charge in [0.15, 0.2) is 11.6 Å². The standard InChI is InChI=1S/C14H17F2NO/c15-12-8-6-7-11(13(12)16)14(18)17-9-4-2-1-3-5-10-17/h6-8H,1-5,9-10H2. The number of hydrogen-bond acceptors (Lipinski definition) is 1. The second kappa shape index (κ2) is 5.94. The first-order valence-electron chi connectivity index (χ1n) is 6.43. The number of benzene rings is 1. The number of nitrogens with zero attached hydrogens (tertiary/aromatic N) is 1. The number of likely N-dealkylation sites (tertiary alicyclic amines) is 1. The summed E-state index contributed by atoms with van der Waals surface area (Å²) in [5.74, 6) is -2.40. The molecule has 0 aliphatic carbocycles. The van der Waals surface area contributed by atoms with Gasteiger partial charge in [0, 0.05) is 13.1 Å². The van der Waals surface area contributed by atoms with Crippen molar-refractivity contribution in [2.24, 2.45) is 0 Å². The van der Waals surface area contributed by atoms with Crippen molar-refractivity contribution in [1.82, 2.24) is 4.90 Å². The lowest BCUT2D eigenvalue weighted by Gasteiger charge is -2.25. The predicted molar refractivity (Wildman–Crippen MR) is 65.3 cm³/mol. The van der Waals surface area contributed by atoms with E-state index in [1.54, 1.807) is 4.90 Å². The van der Waals surface area contributed by atoms with Crippen molar-refractivity contribution in [3.63, 3.8) is 0 Å². The fraction of sp³-hybridized carbons (Fsp3) is 0.500. The van der Waals surface area contributed by atoms with Crippen LogP contribution >= 0.6 is 0 Å². The molecule has 1 aliphatic heterocycles. The zero-order valence-corrected chi connectivity index (χ0v) is 10.3. The third-order valence-corrected chi connectivity index (χ3v) is 3.33. The van der Waals surface area contributed by atoms with Gasteiger partial charge in [-0.2, -0.15) is 0 Å². The fourth-order valence-electron chi connectivity index (χ4n) is 2.29. The van der Waals surface area contributed by atoms with Crippen LogP contribution in [0.2, 0.25) is 0 Å². The van der Waals surface area contributed by atoms with Crippen LogP contribution in [0.4, 0.5) is 8.78 Å². The van der Waals surface area contributed by atoms with Crippen LogP contribution in [-0.2, 0) is 0 Å². The maximum atomic E-state index is 13.6. The lowest BCUT2D eigenvalue weighted by Crippen LogP contribution is -2.34. The summed E-state index contributed by atoms with van der Waals surface area (Å²) in [6, 6.07) is 3.74. The Balaban J connectivity index is 2.16. The number of amides is 1. The topological polar surface area (TPSA) is 20.3 Å². The molecule has 0 N–H and O–H groups in total. The van der Waals surface area contributed by atoms with E-state index in [2.05, 4.69) is 0 Å². The molecule has 0 aromatic heterocycles. The zero-order valence-electron chi connectivity index (χ0n) is 10.3. The minimum Gasteiger partial charge on any atom is -0.339 e. The molecular weight excluding hydrogens is 236 g/mol. The van der Waals surface area contributed by atoms with Gasteiger partial charge >= 0.3 is 0 Å². The van der Waals surface area contributed by atoms with E-state index in [1.165, 1.54) is 18.6 Å². The summed E-state index contributed by atoms with van der Waals surface area (Å²) in [6.45, 7) is 1.27. The van der Waals surface area contributed by atoms with Crippen molar-refractivity contribution >= 4 is 5.91 Å². The summed E-state index contributed by atoms with van der Waals surface area (Å²) in [6.07, 6.45) is 5.24. The highest BCUT2D eigenvalue weighted by atomic mass is 19.2. The minimum absolute atomic E-state index is 0.157. The van der Waals surface area contributed by atoms with Gasteiger partial charge in [-0.25, -0.2) is 8.78 Å². The Kier molecular flexibility index (Phi) is 4.28. The second-order valence-electron chi connectivity index (χ2n) is 4.66. The van der Waals surface area contributed by atoms with Gasteiger partial charge < -0.3 is 4.90 Å². The molecule has 0 saturated carbocycles. The molecule has 1 heterocycles. The maximum Gasteiger partial charge on any atom is 0.256 e. The van der Waals surface area contributed by atoms with Crippen molar-refractivity contribution < 1.29 is 13.6 Å². The lowest BCUT2D eigenvalue weighted by atomic mass is 10.1. The van der Waals surface area contributed by atoms with Crippen LogP contribution in [0.5, 0.6) is 0 Å². The molecule has 2 rings (SSSR count). The summed E-state index contributed by atoms with van der Waals surface area (Å²) in [5, 5.41) is 0. The highest BCUT2D eigenvalue weighted by Crippen LogP contribution is 2.17. The van der Waals surface area contributed by atoms with E-state index in [0.29, 0.717) is 13.1 Å². The van der Waals surface area contributed by atoms with Crippen molar-refractivity contribution in [2.45, 2.75) is 32.1 Å². The number of hydrogen-bond donors (Lipinski definition) is 0. The summed E-state index contributed by atoms with van der Waals surface area (Å²) < 4.78 is 26.7. The zero-order chi connectivity index (χ0) is 13.0. The molecule has 1 aliphatic rings. The average Bonchev–Trinajstić information content (AvgIpc) is 2.31. The van der Waals surface area contributed by atoms with E-state index >= 15 is 0 Å². The highest BCUT2D eigenvalue weighted by molar-refractivity contribution is 5.94. The molecule has 4 heteroatoms. The SMILES string of the molecule is O=C(c1cccc(F)c1F)N1CCCCCCC1. The van der Waals surface area contributed by atoms with Gasteiger partial charge in [0.2, 0.25) is 0 Å². The largest absolute Gasteiger partial charge is 0.339 e. The molecule has 0 unspecified atom stereocenters. The molecule has 0 spiro atoms. The van der Waals surface area contributed by atoms with Crippen molar-refractivity contribution in [1.29, 1.82) is 0 Å². The van der Waals surface area contributed by atoms with Gasteiger partial charge in [-0.05, 0) is 25.0 Å². The molecule has 98 valence electrons. The van der Waals surface area contributed by atoms with Crippen molar-refractivity contribution in [3.8, 4) is 0 Å². The first kappa shape index (κ1) is 13.0. The minimum atomic E-state index is -1.04. The Morgan fingerprint density at radius 1 is 1.00 bits per heavy atom. The average molecular weight is 253 g/mol. The van der Waals surface area contributed by atoms with Gasteiger partial charge in [-0.15, -0.1) is 0 Å². The van der Waals surface area contributed by atoms with Crippen LogP contribution in [-0.4, -0.2) is 23.9 Å². The molecular formula is C14H17F2NO. The van der Waals surface area contributed by atoms with Crippen LogP contribution in [0.15, 0.2) is 18.2 Å². The highest BCUT2D eigenvalue weighted by Gasteiger charge is 2.21. The third kappa shape index (κ3) is 2.86. The third-order valence-electron chi connectivity index (χ3n) is 3.33. The van der Waals surface area contributed by atoms with Gasteiger partial charge in [0.05, 0.1) is 5.56 Å². The van der Waals surface area contributed by atoms with Crippen LogP contribution in [0.1, 0.15) is 42.5 Å². The molecule has 1 aromatic rings. The van der Waals surface area contributed by atoms with E-state index in [-0.39, 0.29) is 5.56 Å². The van der Waals surface area contributed by atoms with E-state index in [1.807, 2.05) is 0 Å². The molecule has 1 saturated heterocycles. The summed E-state index contributed by atoms with van der Waals surface area (Å²) in [4.78, 5) is 13.8. The second-order valence-corrected chi connectivity index (χ2v) is 4.66. The Morgan fingerprint density at radius 3 is 2.28 bits per heavy atom. The quantitative estimate of drug-likeness (QED) is 0.751. The normalized spacial score (nSPS) is 17.1. The number of carbonyl (C=O) groups is 1. The summed E-state index contributed by atoms with van der Waals surface area (Å²) >= 11 is 0. The van der Waals surface area contributed by atoms with Gasteiger partial charge in [-0.3, -0.25) is 4.79 Å². The van der Waals surface area contributed by atoms with E-state index in [9.17, 15) is 13.6 Å². The molecule has 2 nitrogen and oxygen atoms in total. The molecule has 0 atom stereocenters. The Labute approximate surface area is 106 Å². The lowest BCUT2D eigenvalue weighted by molar-refractivity contribution is 0.0736. The van der Waals surface area contributed by atoms with E-state index in [0.717, 1.165) is 31.7 Å². The molecule has 1 fully saturated rings. The first-order valence-corrected chi connectivity index (χ1v) is 6.43. The fourth-order valence-corrected chi connectivity index (χ4v) is 2.29. The number of rotatable bonds is 1. The van der Waals surface area contributed by atoms with Crippen LogP contribution in [0.3, 0.4) is 0 Å². The summed E-state index contributed by atoms with van der Waals surface area (Å²) in [5.41, 5.74) is -0.157. The van der Waals surface area contributed by atoms with Crippen LogP contribution in [0.25, 0.3) is 0 Å². The number of carbonyl (C=O) groups excluding carboxylic acids is 1. The molecule has 0 radical (unpaired) electrons. The summed E-state index contributed by atoms with van der Waals surface area (Å²) in [7, 11) is 0. The van der Waals surface area contributed by atoms with Crippen molar-refractivity contribution in [2.75, 3.05) is 13.1 Å². The van der Waals surface area contributed by atoms with Gasteiger partial charge in [0.25, 0.3) is 5.91 Å². The Bertz CT molecular complexity index is 426. The van der Waals surface area contributed by atoms with Gasteiger partial charge in [-0.1, -0.05) is 25.3 Å². The Morgan fingerprint density at radius 2 is 1.61 bits per heavy atom. The maximum absolute atomic E-state index is 13.6. The van der Waals surface area contributed by atoms with Crippen LogP contribution < -0.4 is 0 Å². The monoisotopic (exact) mass is 253 g/mol. The van der Waals surface area contributed by atoms with Crippen molar-refractivity contribution in [3.05, 3.63) is 35.4 Å².